The van der Waals surface area contributed by atoms with E-state index in [-0.39, 0.29) is 17.0 Å². The van der Waals surface area contributed by atoms with Gasteiger partial charge in [0.15, 0.2) is 0 Å². The molecule has 0 fully saturated rings. The van der Waals surface area contributed by atoms with Gasteiger partial charge >= 0.3 is 0 Å². The topological polar surface area (TPSA) is 9.23 Å². The Kier molecular flexibility index (Phi) is 7.28. The van der Waals surface area contributed by atoms with Crippen LogP contribution in [0.3, 0.4) is 0 Å². The molecule has 3 heteroatoms. The monoisotopic (exact) mass is 512 g/mol. The number of ether oxygens (including phenoxy) is 1. The quantitative estimate of drug-likeness (QED) is 0.317. The predicted molar refractivity (Wildman–Crippen MR) is 139 cm³/mol. The zero-order valence-electron chi connectivity index (χ0n) is 18.6. The van der Waals surface area contributed by atoms with Crippen molar-refractivity contribution in [3.8, 4) is 5.75 Å². The maximum absolute atomic E-state index is 5.92. The number of halogens is 1. The van der Waals surface area contributed by atoms with Crippen LogP contribution < -0.4 is 37.6 Å². The molecular formula is C30H26BrOP. The Balaban J connectivity index is 0.00000259. The van der Waals surface area contributed by atoms with Crippen LogP contribution >= 0.6 is 7.26 Å². The number of fused-ring (bicyclic) bond motifs is 1. The molecule has 0 saturated carbocycles. The van der Waals surface area contributed by atoms with E-state index in [4.69, 9.17) is 4.74 Å². The summed E-state index contributed by atoms with van der Waals surface area (Å²) in [5.41, 5.74) is 1.27. The zero-order chi connectivity index (χ0) is 21.8. The first-order chi connectivity index (χ1) is 15.8. The first-order valence-corrected chi connectivity index (χ1v) is 12.9. The van der Waals surface area contributed by atoms with Crippen LogP contribution in [0, 0.1) is 0 Å². The molecule has 5 aromatic rings. The summed E-state index contributed by atoms with van der Waals surface area (Å²) in [7, 11) is -0.221. The number of methoxy groups -OCH3 is 1. The van der Waals surface area contributed by atoms with Gasteiger partial charge in [-0.3, -0.25) is 0 Å². The molecule has 0 aromatic heterocycles. The molecule has 0 heterocycles. The number of hydrogen-bond acceptors (Lipinski definition) is 1. The number of benzene rings is 5. The standard InChI is InChI=1S/C30H26OP.BrH/c1-31-30-22-21-24-13-11-12-20-28(24)29(30)23-32(25-14-5-2-6-15-25,26-16-7-3-8-17-26)27-18-9-4-10-19-27;/h2-22H,23H2,1H3;1H/q+1;/p-1. The van der Waals surface area contributed by atoms with E-state index in [9.17, 15) is 0 Å². The van der Waals surface area contributed by atoms with Gasteiger partial charge in [-0.1, -0.05) is 84.9 Å². The molecule has 0 unspecified atom stereocenters. The van der Waals surface area contributed by atoms with Crippen LogP contribution in [0.2, 0.25) is 0 Å². The number of rotatable bonds is 6. The molecule has 0 amide bonds. The van der Waals surface area contributed by atoms with Crippen LogP contribution in [0.15, 0.2) is 127 Å². The van der Waals surface area contributed by atoms with Gasteiger partial charge in [0.1, 0.15) is 35.1 Å². The van der Waals surface area contributed by atoms with Crippen LogP contribution in [0.25, 0.3) is 10.8 Å². The van der Waals surface area contributed by atoms with Crippen LogP contribution in [-0.4, -0.2) is 7.11 Å². The lowest BCUT2D eigenvalue weighted by Crippen LogP contribution is -3.00. The van der Waals surface area contributed by atoms with Crippen molar-refractivity contribution in [2.45, 2.75) is 6.16 Å². The average molecular weight is 513 g/mol. The van der Waals surface area contributed by atoms with Gasteiger partial charge in [0.2, 0.25) is 0 Å². The highest BCUT2D eigenvalue weighted by molar-refractivity contribution is 7.95. The second-order valence-corrected chi connectivity index (χ2v) is 11.4. The molecule has 33 heavy (non-hydrogen) atoms. The van der Waals surface area contributed by atoms with E-state index in [0.29, 0.717) is 0 Å². The van der Waals surface area contributed by atoms with E-state index >= 15 is 0 Å². The second kappa shape index (κ2) is 10.3. The van der Waals surface area contributed by atoms with Crippen LogP contribution in [0.4, 0.5) is 0 Å². The van der Waals surface area contributed by atoms with Crippen molar-refractivity contribution >= 4 is 33.9 Å². The molecule has 0 N–H and O–H groups in total. The maximum atomic E-state index is 5.92. The molecule has 0 atom stereocenters. The van der Waals surface area contributed by atoms with Crippen molar-refractivity contribution in [2.24, 2.45) is 0 Å². The predicted octanol–water partition coefficient (Wildman–Crippen LogP) is 3.35. The fraction of sp³-hybridized carbons (Fsp3) is 0.0667. The first kappa shape index (κ1) is 23.2. The minimum Gasteiger partial charge on any atom is -1.00 e. The Bertz CT molecular complexity index is 1220. The van der Waals surface area contributed by atoms with Crippen molar-refractivity contribution in [1.29, 1.82) is 0 Å². The van der Waals surface area contributed by atoms with Gasteiger partial charge in [0.25, 0.3) is 0 Å². The van der Waals surface area contributed by atoms with Crippen molar-refractivity contribution in [2.75, 3.05) is 7.11 Å². The van der Waals surface area contributed by atoms with E-state index in [0.717, 1.165) is 11.9 Å². The molecule has 0 aliphatic heterocycles. The van der Waals surface area contributed by atoms with Gasteiger partial charge in [-0.2, -0.15) is 0 Å². The summed E-state index contributed by atoms with van der Waals surface area (Å²) >= 11 is 0. The summed E-state index contributed by atoms with van der Waals surface area (Å²) in [5, 5.41) is 6.65. The third-order valence-electron chi connectivity index (χ3n) is 6.20. The smallest absolute Gasteiger partial charge is 0.126 e. The molecule has 0 bridgehead atoms. The summed E-state index contributed by atoms with van der Waals surface area (Å²) in [5.74, 6) is 0.955. The highest BCUT2D eigenvalue weighted by Crippen LogP contribution is 2.59. The van der Waals surface area contributed by atoms with Crippen molar-refractivity contribution in [3.63, 3.8) is 0 Å². The molecule has 0 spiro atoms. The lowest BCUT2D eigenvalue weighted by Gasteiger charge is -2.29. The Morgan fingerprint density at radius 1 is 0.545 bits per heavy atom. The highest BCUT2D eigenvalue weighted by atomic mass is 79.9. The zero-order valence-corrected chi connectivity index (χ0v) is 21.0. The van der Waals surface area contributed by atoms with Gasteiger partial charge in [0.05, 0.1) is 7.11 Å². The minimum absolute atomic E-state index is 0. The Labute approximate surface area is 207 Å². The van der Waals surface area contributed by atoms with E-state index in [1.54, 1.807) is 7.11 Å². The Morgan fingerprint density at radius 2 is 1.00 bits per heavy atom. The molecule has 5 rings (SSSR count). The molecule has 0 aliphatic carbocycles. The van der Waals surface area contributed by atoms with Gasteiger partial charge in [-0.25, -0.2) is 0 Å². The SMILES string of the molecule is COc1ccc2ccccc2c1C[P+](c1ccccc1)(c1ccccc1)c1ccccc1.[Br-]. The molecule has 1 nitrogen and oxygen atoms in total. The fourth-order valence-electron chi connectivity index (χ4n) is 4.68. The van der Waals surface area contributed by atoms with E-state index in [2.05, 4.69) is 127 Å². The second-order valence-electron chi connectivity index (χ2n) is 7.94. The lowest BCUT2D eigenvalue weighted by molar-refractivity contribution is -0.00000642. The van der Waals surface area contributed by atoms with Crippen molar-refractivity contribution < 1.29 is 21.7 Å². The molecule has 0 saturated heterocycles. The summed E-state index contributed by atoms with van der Waals surface area (Å²) in [6, 6.07) is 46.0. The largest absolute Gasteiger partial charge is 1.00 e. The third-order valence-corrected chi connectivity index (χ3v) is 10.5. The van der Waals surface area contributed by atoms with E-state index < -0.39 is 7.26 Å². The van der Waals surface area contributed by atoms with Crippen LogP contribution in [0.1, 0.15) is 5.56 Å². The molecule has 5 aromatic carbocycles. The Hall–Kier alpha value is -2.93. The Morgan fingerprint density at radius 3 is 1.48 bits per heavy atom. The van der Waals surface area contributed by atoms with Crippen molar-refractivity contribution in [1.82, 2.24) is 0 Å². The van der Waals surface area contributed by atoms with Gasteiger partial charge in [-0.15, -0.1) is 0 Å². The van der Waals surface area contributed by atoms with E-state index in [1.165, 1.54) is 32.2 Å². The normalized spacial score (nSPS) is 11.1. The minimum atomic E-state index is -2.00. The van der Waals surface area contributed by atoms with Gasteiger partial charge in [-0.05, 0) is 53.2 Å². The molecule has 164 valence electrons. The molecule has 0 aliphatic rings. The summed E-state index contributed by atoms with van der Waals surface area (Å²) in [6.07, 6.45) is 0.898. The van der Waals surface area contributed by atoms with Gasteiger partial charge < -0.3 is 21.7 Å². The van der Waals surface area contributed by atoms with E-state index in [1.807, 2.05) is 0 Å². The third kappa shape index (κ3) is 4.34. The van der Waals surface area contributed by atoms with Crippen molar-refractivity contribution in [3.05, 3.63) is 133 Å². The summed E-state index contributed by atoms with van der Waals surface area (Å²) in [6.45, 7) is 0. The lowest BCUT2D eigenvalue weighted by atomic mass is 10.0. The number of hydrogen-bond donors (Lipinski definition) is 0. The first-order valence-electron chi connectivity index (χ1n) is 10.9. The summed E-state index contributed by atoms with van der Waals surface area (Å²) < 4.78 is 5.92. The van der Waals surface area contributed by atoms with Crippen LogP contribution in [-0.2, 0) is 6.16 Å². The molecular weight excluding hydrogens is 487 g/mol. The van der Waals surface area contributed by atoms with Gasteiger partial charge in [0, 0.05) is 5.56 Å². The summed E-state index contributed by atoms with van der Waals surface area (Å²) in [4.78, 5) is 0. The maximum Gasteiger partial charge on any atom is 0.126 e. The fourth-order valence-corrected chi connectivity index (χ4v) is 8.96. The van der Waals surface area contributed by atoms with Crippen LogP contribution in [0.5, 0.6) is 5.75 Å². The highest BCUT2D eigenvalue weighted by Gasteiger charge is 2.46. The molecule has 0 radical (unpaired) electrons. The average Bonchev–Trinajstić information content (AvgIpc) is 2.89.